The number of morpholine rings is 1. The minimum atomic E-state index is -0.245. The molecule has 1 N–H and O–H groups in total. The lowest BCUT2D eigenvalue weighted by molar-refractivity contribution is -0.145. The maximum absolute atomic E-state index is 11.4. The molecule has 1 unspecified atom stereocenters. The van der Waals surface area contributed by atoms with E-state index >= 15 is 0 Å². The predicted molar refractivity (Wildman–Crippen MR) is 67.8 cm³/mol. The molecule has 0 spiro atoms. The average Bonchev–Trinajstić information content (AvgIpc) is 2.82. The average molecular weight is 271 g/mol. The molecule has 0 aromatic carbocycles. The largest absolute Gasteiger partial charge is 0.469 e. The summed E-state index contributed by atoms with van der Waals surface area (Å²) in [5, 5.41) is 2.78. The molecule has 19 heavy (non-hydrogen) atoms. The van der Waals surface area contributed by atoms with Crippen molar-refractivity contribution in [2.75, 3.05) is 53.0 Å². The second-order valence-corrected chi connectivity index (χ2v) is 4.79. The van der Waals surface area contributed by atoms with Crippen molar-refractivity contribution < 1.29 is 19.1 Å². The van der Waals surface area contributed by atoms with Crippen molar-refractivity contribution in [3.05, 3.63) is 0 Å². The first-order chi connectivity index (χ1) is 9.19. The highest BCUT2D eigenvalue weighted by molar-refractivity contribution is 5.76. The zero-order valence-corrected chi connectivity index (χ0v) is 11.3. The summed E-state index contributed by atoms with van der Waals surface area (Å²) in [4.78, 5) is 26.7. The van der Waals surface area contributed by atoms with Crippen molar-refractivity contribution >= 4 is 12.0 Å². The maximum Gasteiger partial charge on any atom is 0.317 e. The maximum atomic E-state index is 11.4. The van der Waals surface area contributed by atoms with E-state index in [9.17, 15) is 9.59 Å². The highest BCUT2D eigenvalue weighted by Crippen LogP contribution is 2.09. The molecule has 0 aromatic heterocycles. The third-order valence-electron chi connectivity index (χ3n) is 3.48. The van der Waals surface area contributed by atoms with Gasteiger partial charge >= 0.3 is 12.0 Å². The van der Waals surface area contributed by atoms with E-state index in [1.165, 1.54) is 7.11 Å². The SMILES string of the molecule is COC(=O)CC1CN(CCN2CCNC2=O)CCO1. The summed E-state index contributed by atoms with van der Waals surface area (Å²) in [6, 6.07) is 0.0133. The molecule has 2 fully saturated rings. The third kappa shape index (κ3) is 4.07. The summed E-state index contributed by atoms with van der Waals surface area (Å²) < 4.78 is 10.2. The number of carbonyl (C=O) groups is 2. The van der Waals surface area contributed by atoms with Gasteiger partial charge in [0, 0.05) is 39.3 Å². The highest BCUT2D eigenvalue weighted by Gasteiger charge is 2.25. The van der Waals surface area contributed by atoms with Crippen LogP contribution in [0.1, 0.15) is 6.42 Å². The molecule has 0 aliphatic carbocycles. The van der Waals surface area contributed by atoms with Gasteiger partial charge in [0.05, 0.1) is 26.2 Å². The van der Waals surface area contributed by atoms with Crippen LogP contribution in [0.15, 0.2) is 0 Å². The van der Waals surface area contributed by atoms with E-state index in [2.05, 4.69) is 15.0 Å². The molecule has 7 heteroatoms. The van der Waals surface area contributed by atoms with Gasteiger partial charge in [0.1, 0.15) is 0 Å². The Morgan fingerprint density at radius 1 is 1.47 bits per heavy atom. The second kappa shape index (κ2) is 6.72. The van der Waals surface area contributed by atoms with Crippen LogP contribution in [-0.2, 0) is 14.3 Å². The van der Waals surface area contributed by atoms with Gasteiger partial charge in [-0.2, -0.15) is 0 Å². The topological polar surface area (TPSA) is 71.1 Å². The predicted octanol–water partition coefficient (Wildman–Crippen LogP) is -0.724. The normalized spacial score (nSPS) is 24.4. The zero-order chi connectivity index (χ0) is 13.7. The van der Waals surface area contributed by atoms with E-state index in [0.29, 0.717) is 13.2 Å². The summed E-state index contributed by atoms with van der Waals surface area (Å²) in [6.45, 7) is 5.21. The van der Waals surface area contributed by atoms with Gasteiger partial charge in [-0.15, -0.1) is 0 Å². The molecule has 0 radical (unpaired) electrons. The Hall–Kier alpha value is -1.34. The molecule has 0 aromatic rings. The first-order valence-corrected chi connectivity index (χ1v) is 6.62. The number of urea groups is 1. The number of esters is 1. The molecule has 2 rings (SSSR count). The van der Waals surface area contributed by atoms with Gasteiger partial charge in [0.15, 0.2) is 0 Å². The van der Waals surface area contributed by atoms with E-state index in [1.807, 2.05) is 4.90 Å². The van der Waals surface area contributed by atoms with Crippen LogP contribution in [-0.4, -0.2) is 80.9 Å². The van der Waals surface area contributed by atoms with Gasteiger partial charge in [-0.3, -0.25) is 9.69 Å². The fraction of sp³-hybridized carbons (Fsp3) is 0.833. The minimum absolute atomic E-state index is 0.0133. The molecule has 2 heterocycles. The lowest BCUT2D eigenvalue weighted by Gasteiger charge is -2.33. The number of rotatable bonds is 5. The van der Waals surface area contributed by atoms with Gasteiger partial charge < -0.3 is 19.7 Å². The summed E-state index contributed by atoms with van der Waals surface area (Å²) in [5.74, 6) is -0.245. The van der Waals surface area contributed by atoms with Crippen molar-refractivity contribution in [1.29, 1.82) is 0 Å². The molecule has 0 bridgehead atoms. The molecule has 108 valence electrons. The van der Waals surface area contributed by atoms with Crippen LogP contribution in [0.25, 0.3) is 0 Å². The van der Waals surface area contributed by atoms with Gasteiger partial charge in [-0.25, -0.2) is 4.79 Å². The number of methoxy groups -OCH3 is 1. The summed E-state index contributed by atoms with van der Waals surface area (Å²) >= 11 is 0. The van der Waals surface area contributed by atoms with Crippen molar-refractivity contribution in [3.63, 3.8) is 0 Å². The van der Waals surface area contributed by atoms with Gasteiger partial charge in [0.2, 0.25) is 0 Å². The van der Waals surface area contributed by atoms with Crippen molar-refractivity contribution in [2.24, 2.45) is 0 Å². The molecule has 2 aliphatic rings. The van der Waals surface area contributed by atoms with Gasteiger partial charge in [-0.1, -0.05) is 0 Å². The standard InChI is InChI=1S/C12H21N3O4/c1-18-11(16)8-10-9-14(6-7-19-10)4-5-15-3-2-13-12(15)17/h10H,2-9H2,1H3,(H,13,17). The lowest BCUT2D eigenvalue weighted by atomic mass is 10.2. The van der Waals surface area contributed by atoms with Gasteiger partial charge in [-0.05, 0) is 0 Å². The molecular weight excluding hydrogens is 250 g/mol. The Labute approximate surface area is 112 Å². The monoisotopic (exact) mass is 271 g/mol. The van der Waals surface area contributed by atoms with Gasteiger partial charge in [0.25, 0.3) is 0 Å². The van der Waals surface area contributed by atoms with Crippen LogP contribution in [0.2, 0.25) is 0 Å². The summed E-state index contributed by atoms with van der Waals surface area (Å²) in [6.07, 6.45) is 0.186. The summed E-state index contributed by atoms with van der Waals surface area (Å²) in [5.41, 5.74) is 0. The number of nitrogens with zero attached hydrogens (tertiary/aromatic N) is 2. The Morgan fingerprint density at radius 2 is 2.32 bits per heavy atom. The van der Waals surface area contributed by atoms with Crippen molar-refractivity contribution in [2.45, 2.75) is 12.5 Å². The Balaban J connectivity index is 1.71. The first kappa shape index (κ1) is 14.1. The molecule has 0 saturated carbocycles. The summed E-state index contributed by atoms with van der Waals surface area (Å²) in [7, 11) is 1.38. The van der Waals surface area contributed by atoms with Crippen LogP contribution in [0.4, 0.5) is 4.79 Å². The molecule has 1 atom stereocenters. The number of hydrogen-bond acceptors (Lipinski definition) is 5. The lowest BCUT2D eigenvalue weighted by Crippen LogP contribution is -2.46. The molecular formula is C12H21N3O4. The Morgan fingerprint density at radius 3 is 3.00 bits per heavy atom. The van der Waals surface area contributed by atoms with Crippen molar-refractivity contribution in [3.8, 4) is 0 Å². The van der Waals surface area contributed by atoms with E-state index < -0.39 is 0 Å². The van der Waals surface area contributed by atoms with Crippen LogP contribution < -0.4 is 5.32 Å². The van der Waals surface area contributed by atoms with Crippen LogP contribution >= 0.6 is 0 Å². The Bertz CT molecular complexity index is 337. The quantitative estimate of drug-likeness (QED) is 0.668. The highest BCUT2D eigenvalue weighted by atomic mass is 16.5. The molecule has 7 nitrogen and oxygen atoms in total. The smallest absolute Gasteiger partial charge is 0.317 e. The molecule has 2 amide bonds. The van der Waals surface area contributed by atoms with Crippen LogP contribution in [0.3, 0.4) is 0 Å². The number of carbonyl (C=O) groups excluding carboxylic acids is 2. The van der Waals surface area contributed by atoms with Crippen LogP contribution in [0.5, 0.6) is 0 Å². The molecule has 2 aliphatic heterocycles. The minimum Gasteiger partial charge on any atom is -0.469 e. The number of ether oxygens (including phenoxy) is 2. The van der Waals surface area contributed by atoms with Crippen molar-refractivity contribution in [1.82, 2.24) is 15.1 Å². The molecule has 2 saturated heterocycles. The van der Waals surface area contributed by atoms with E-state index in [1.54, 1.807) is 0 Å². The second-order valence-electron chi connectivity index (χ2n) is 4.79. The number of nitrogens with one attached hydrogen (secondary N) is 1. The zero-order valence-electron chi connectivity index (χ0n) is 11.3. The Kier molecular flexibility index (Phi) is 4.98. The third-order valence-corrected chi connectivity index (χ3v) is 3.48. The van der Waals surface area contributed by atoms with E-state index in [4.69, 9.17) is 4.74 Å². The number of amides is 2. The van der Waals surface area contributed by atoms with Crippen LogP contribution in [0, 0.1) is 0 Å². The van der Waals surface area contributed by atoms with E-state index in [-0.39, 0.29) is 24.5 Å². The fourth-order valence-electron chi connectivity index (χ4n) is 2.36. The first-order valence-electron chi connectivity index (χ1n) is 6.62. The number of hydrogen-bond donors (Lipinski definition) is 1. The fourth-order valence-corrected chi connectivity index (χ4v) is 2.36. The van der Waals surface area contributed by atoms with E-state index in [0.717, 1.165) is 32.7 Å².